The summed E-state index contributed by atoms with van der Waals surface area (Å²) in [6, 6.07) is -0.940. The molecule has 242 valence electrons. The van der Waals surface area contributed by atoms with Gasteiger partial charge < -0.3 is 49.7 Å². The van der Waals surface area contributed by atoms with E-state index in [0.717, 1.165) is 0 Å². The fourth-order valence-electron chi connectivity index (χ4n) is 5.79. The molecule has 4 aliphatic rings. The van der Waals surface area contributed by atoms with Gasteiger partial charge in [0.2, 0.25) is 5.76 Å². The number of aromatic amines is 1. The molecule has 0 aromatic carbocycles. The maximum atomic E-state index is 13.2. The van der Waals surface area contributed by atoms with Gasteiger partial charge in [-0.15, -0.1) is 4.89 Å². The highest BCUT2D eigenvalue weighted by atomic mass is 31.2. The lowest BCUT2D eigenvalue weighted by atomic mass is 10.2. The number of nitrogen functional groups attached to an aromatic ring is 1. The van der Waals surface area contributed by atoms with Gasteiger partial charge >= 0.3 is 16.1 Å². The predicted molar refractivity (Wildman–Crippen MR) is 152 cm³/mol. The first-order chi connectivity index (χ1) is 21.9. The number of nitrogens with one attached hydrogen (secondary N) is 1. The van der Waals surface area contributed by atoms with Crippen molar-refractivity contribution in [2.24, 2.45) is 0 Å². The third-order valence-corrected chi connectivity index (χ3v) is 9.09. The Labute approximate surface area is 257 Å². The smallest absolute Gasteiger partial charge is 0.504 e. The van der Waals surface area contributed by atoms with Crippen molar-refractivity contribution in [1.82, 2.24) is 29.5 Å². The van der Waals surface area contributed by atoms with E-state index in [1.807, 2.05) is 0 Å². The number of imidazole rings is 1. The van der Waals surface area contributed by atoms with Crippen molar-refractivity contribution in [2.75, 3.05) is 42.5 Å². The average Bonchev–Trinajstić information content (AvgIpc) is 3.44. The first kappa shape index (κ1) is 30.1. The van der Waals surface area contributed by atoms with Gasteiger partial charge in [0.25, 0.3) is 5.56 Å². The molecule has 8 N–H and O–H groups in total. The molecule has 0 spiro atoms. The fraction of sp³-hybridized carbons (Fsp3) is 0.348. The molecule has 0 saturated heterocycles. The molecule has 1 fully saturated rings. The first-order valence-electron chi connectivity index (χ1n) is 13.2. The molecular weight excluding hydrogens is 656 g/mol. The highest BCUT2D eigenvalue weighted by molar-refractivity contribution is 7.47. The minimum absolute atomic E-state index is 0.0485. The van der Waals surface area contributed by atoms with Crippen molar-refractivity contribution in [3.63, 3.8) is 0 Å². The Bertz CT molecular complexity index is 2030. The molecule has 0 bridgehead atoms. The van der Waals surface area contributed by atoms with Crippen LogP contribution in [0.2, 0.25) is 0 Å². The van der Waals surface area contributed by atoms with E-state index in [1.165, 1.54) is 28.4 Å². The SMILES string of the molecule is CN1CN(C2=C(OP(=O)(O)OCC3=C(O[P+](=O)O)C4(O)C(O3)C4n3cnc4c(N)ncnc43)C(O)=C(CO)C2)c2nc[nH]c(=O)c21. The van der Waals surface area contributed by atoms with Crippen molar-refractivity contribution >= 4 is 44.6 Å². The molecule has 46 heavy (non-hydrogen) atoms. The molecule has 5 heterocycles. The zero-order valence-electron chi connectivity index (χ0n) is 23.4. The number of phosphoric ester groups is 1. The Hall–Kier alpha value is -4.62. The van der Waals surface area contributed by atoms with Crippen molar-refractivity contribution in [3.05, 3.63) is 63.6 Å². The van der Waals surface area contributed by atoms with E-state index in [2.05, 4.69) is 24.9 Å². The number of allylic oxidation sites excluding steroid dienone is 1. The Morgan fingerprint density at radius 1 is 1.30 bits per heavy atom. The van der Waals surface area contributed by atoms with Gasteiger partial charge in [-0.25, -0.2) is 29.0 Å². The number of aliphatic hydroxyl groups excluding tert-OH is 2. The van der Waals surface area contributed by atoms with Crippen molar-refractivity contribution in [3.8, 4) is 0 Å². The van der Waals surface area contributed by atoms with Crippen molar-refractivity contribution in [2.45, 2.75) is 24.2 Å². The normalized spacial score (nSPS) is 25.2. The van der Waals surface area contributed by atoms with E-state index in [1.54, 1.807) is 11.9 Å². The molecule has 0 amide bonds. The van der Waals surface area contributed by atoms with Gasteiger partial charge in [0.1, 0.15) is 30.2 Å². The molecule has 1 saturated carbocycles. The van der Waals surface area contributed by atoms with E-state index in [9.17, 15) is 39.0 Å². The number of aliphatic hydroxyl groups is 3. The summed E-state index contributed by atoms with van der Waals surface area (Å²) in [6.07, 6.45) is 2.45. The lowest BCUT2D eigenvalue weighted by Gasteiger charge is -2.22. The zero-order valence-corrected chi connectivity index (χ0v) is 25.2. The molecule has 2 aliphatic heterocycles. The Kier molecular flexibility index (Phi) is 6.83. The average molecular weight is 680 g/mol. The summed E-state index contributed by atoms with van der Waals surface area (Å²) in [5.41, 5.74) is 4.22. The quantitative estimate of drug-likeness (QED) is 0.133. The number of hydrogen-bond donors (Lipinski definition) is 7. The second kappa shape index (κ2) is 10.5. The molecule has 5 atom stereocenters. The van der Waals surface area contributed by atoms with E-state index in [4.69, 9.17) is 24.0 Å². The molecule has 0 radical (unpaired) electrons. The molecule has 23 heteroatoms. The minimum atomic E-state index is -5.14. The molecule has 21 nitrogen and oxygen atoms in total. The number of anilines is 3. The lowest BCUT2D eigenvalue weighted by Crippen LogP contribution is -2.29. The number of fused-ring (bicyclic) bond motifs is 3. The van der Waals surface area contributed by atoms with Gasteiger partial charge in [0.15, 0.2) is 46.3 Å². The van der Waals surface area contributed by atoms with Crippen LogP contribution >= 0.6 is 16.1 Å². The third kappa shape index (κ3) is 4.51. The van der Waals surface area contributed by atoms with Gasteiger partial charge in [-0.1, -0.05) is 0 Å². The van der Waals surface area contributed by atoms with Crippen LogP contribution in [-0.2, 0) is 27.4 Å². The van der Waals surface area contributed by atoms with Gasteiger partial charge in [0.05, 0.1) is 31.6 Å². The van der Waals surface area contributed by atoms with Crippen LogP contribution in [0.1, 0.15) is 12.5 Å². The molecule has 2 aliphatic carbocycles. The minimum Gasteiger partial charge on any atom is -0.504 e. The number of hydrogen-bond acceptors (Lipinski definition) is 17. The van der Waals surface area contributed by atoms with Gasteiger partial charge in [-0.05, 0) is 0 Å². The van der Waals surface area contributed by atoms with Crippen LogP contribution in [0.15, 0.2) is 58.1 Å². The number of nitrogens with two attached hydrogens (primary N) is 1. The van der Waals surface area contributed by atoms with Crippen molar-refractivity contribution < 1.29 is 52.5 Å². The summed E-state index contributed by atoms with van der Waals surface area (Å²) in [5.74, 6) is -1.79. The summed E-state index contributed by atoms with van der Waals surface area (Å²) >= 11 is 0. The van der Waals surface area contributed by atoms with Crippen LogP contribution < -0.4 is 21.1 Å². The Morgan fingerprint density at radius 3 is 2.83 bits per heavy atom. The number of H-pyrrole nitrogens is 1. The molecule has 3 aromatic heterocycles. The molecule has 5 unspecified atom stereocenters. The highest BCUT2D eigenvalue weighted by Gasteiger charge is 2.78. The number of rotatable bonds is 10. The van der Waals surface area contributed by atoms with Crippen molar-refractivity contribution in [1.29, 1.82) is 0 Å². The summed E-state index contributed by atoms with van der Waals surface area (Å²) in [5, 5.41) is 32.0. The van der Waals surface area contributed by atoms with E-state index in [-0.39, 0.29) is 58.6 Å². The van der Waals surface area contributed by atoms with Crippen LogP contribution in [0.3, 0.4) is 0 Å². The maximum Gasteiger partial charge on any atom is 0.747 e. The van der Waals surface area contributed by atoms with Crippen LogP contribution in [0.5, 0.6) is 0 Å². The van der Waals surface area contributed by atoms with Crippen LogP contribution in [0, 0.1) is 0 Å². The predicted octanol–water partition coefficient (Wildman–Crippen LogP) is -0.479. The van der Waals surface area contributed by atoms with E-state index < -0.39 is 69.9 Å². The van der Waals surface area contributed by atoms with Crippen LogP contribution in [-0.4, -0.2) is 93.2 Å². The molecule has 3 aromatic rings. The second-order valence-corrected chi connectivity index (χ2v) is 12.6. The number of aromatic nitrogens is 6. The first-order valence-corrected chi connectivity index (χ1v) is 15.9. The molecule has 7 rings (SSSR count). The van der Waals surface area contributed by atoms with Gasteiger partial charge in [-0.3, -0.25) is 14.2 Å². The second-order valence-electron chi connectivity index (χ2n) is 10.5. The number of nitrogens with zero attached hydrogens (tertiary/aromatic N) is 7. The number of ether oxygens (including phenoxy) is 1. The summed E-state index contributed by atoms with van der Waals surface area (Å²) in [4.78, 5) is 54.3. The summed E-state index contributed by atoms with van der Waals surface area (Å²) < 4.78 is 47.4. The Balaban J connectivity index is 1.15. The number of phosphoric acid groups is 1. The largest absolute Gasteiger partial charge is 0.747 e. The van der Waals surface area contributed by atoms with E-state index >= 15 is 0 Å². The van der Waals surface area contributed by atoms with E-state index in [0.29, 0.717) is 0 Å². The fourth-order valence-corrected chi connectivity index (χ4v) is 6.95. The monoisotopic (exact) mass is 680 g/mol. The lowest BCUT2D eigenvalue weighted by molar-refractivity contribution is 0.102. The summed E-state index contributed by atoms with van der Waals surface area (Å²) in [7, 11) is -6.86. The zero-order chi connectivity index (χ0) is 32.7. The maximum absolute atomic E-state index is 13.2. The van der Waals surface area contributed by atoms with Crippen LogP contribution in [0.25, 0.3) is 11.2 Å². The highest BCUT2D eigenvalue weighted by Crippen LogP contribution is 2.63. The summed E-state index contributed by atoms with van der Waals surface area (Å²) in [6.45, 7) is -1.46. The standard InChI is InChI=1S/C23H23N9O12P2/c1-30-8-32(21-13(30)22(35)28-6-27-21)10-2-9(3-33)14(34)15(10)44-46(39,40)41-4-11-17(43-45(37)38)23(36)16(18(23)42-11)31-7-29-12-19(24)25-5-26-20(12)31/h5-7,16,18,33,36H,2-4,8H2,1H3,(H5-,24,25,26,27,28,34,35,37,38,39,40)/p+1. The van der Waals surface area contributed by atoms with Crippen LogP contribution in [0.4, 0.5) is 17.3 Å². The topological polar surface area (TPSA) is 294 Å². The Morgan fingerprint density at radius 2 is 2.09 bits per heavy atom. The third-order valence-electron chi connectivity index (χ3n) is 7.88. The van der Waals surface area contributed by atoms with Gasteiger partial charge in [-0.2, -0.15) is 0 Å². The molecular formula is C23H24N9O12P2+. The van der Waals surface area contributed by atoms with Gasteiger partial charge in [0, 0.05) is 23.6 Å².